The summed E-state index contributed by atoms with van der Waals surface area (Å²) >= 11 is 6.13. The maximum absolute atomic E-state index is 14.3. The average Bonchev–Trinajstić information content (AvgIpc) is 3.33. The van der Waals surface area contributed by atoms with E-state index >= 15 is 0 Å². The molecule has 1 N–H and O–H groups in total. The molecule has 4 rings (SSSR count). The van der Waals surface area contributed by atoms with Gasteiger partial charge in [-0.15, -0.1) is 0 Å². The fraction of sp³-hybridized carbons (Fsp3) is 0. The molecular weight excluding hydrogens is 367 g/mol. The van der Waals surface area contributed by atoms with Gasteiger partial charge in [0.2, 0.25) is 0 Å². The summed E-state index contributed by atoms with van der Waals surface area (Å²) in [7, 11) is 0. The van der Waals surface area contributed by atoms with Gasteiger partial charge < -0.3 is 9.88 Å². The molecule has 0 aliphatic carbocycles. The first kappa shape index (κ1) is 17.1. The first-order chi connectivity index (χ1) is 13.1. The van der Waals surface area contributed by atoms with Crippen LogP contribution in [0.15, 0.2) is 79.3 Å². The number of rotatable bonds is 4. The second kappa shape index (κ2) is 7.09. The molecule has 134 valence electrons. The van der Waals surface area contributed by atoms with Crippen LogP contribution in [0.1, 0.15) is 10.4 Å². The summed E-state index contributed by atoms with van der Waals surface area (Å²) < 4.78 is 17.4. The van der Waals surface area contributed by atoms with Crippen LogP contribution in [0, 0.1) is 5.82 Å². The van der Waals surface area contributed by atoms with Gasteiger partial charge in [-0.3, -0.25) is 4.79 Å². The van der Waals surface area contributed by atoms with Crippen molar-refractivity contribution in [1.82, 2.24) is 14.3 Å². The molecule has 0 fully saturated rings. The highest BCUT2D eigenvalue weighted by molar-refractivity contribution is 6.33. The zero-order chi connectivity index (χ0) is 18.8. The molecule has 0 spiro atoms. The van der Waals surface area contributed by atoms with Crippen molar-refractivity contribution < 1.29 is 9.18 Å². The molecule has 0 radical (unpaired) electrons. The lowest BCUT2D eigenvalue weighted by molar-refractivity contribution is 0.102. The van der Waals surface area contributed by atoms with E-state index in [1.165, 1.54) is 16.9 Å². The maximum atomic E-state index is 14.3. The van der Waals surface area contributed by atoms with Gasteiger partial charge in [-0.2, -0.15) is 5.10 Å². The van der Waals surface area contributed by atoms with Crippen LogP contribution in [-0.4, -0.2) is 20.3 Å². The Morgan fingerprint density at radius 2 is 1.70 bits per heavy atom. The predicted molar refractivity (Wildman–Crippen MR) is 102 cm³/mol. The summed E-state index contributed by atoms with van der Waals surface area (Å²) in [6.07, 6.45) is 4.94. The highest BCUT2D eigenvalue weighted by Gasteiger charge is 2.21. The molecule has 5 nitrogen and oxygen atoms in total. The fourth-order valence-electron chi connectivity index (χ4n) is 2.78. The fourth-order valence-corrected chi connectivity index (χ4v) is 2.96. The molecule has 2 heterocycles. The number of carbonyl (C=O) groups is 1. The maximum Gasteiger partial charge on any atom is 0.261 e. The average molecular weight is 381 g/mol. The summed E-state index contributed by atoms with van der Waals surface area (Å²) in [6.45, 7) is 0. The van der Waals surface area contributed by atoms with Crippen molar-refractivity contribution in [2.45, 2.75) is 0 Å². The van der Waals surface area contributed by atoms with Crippen molar-refractivity contribution in [2.75, 3.05) is 5.32 Å². The number of anilines is 1. The Bertz CT molecular complexity index is 1100. The van der Waals surface area contributed by atoms with E-state index < -0.39 is 11.7 Å². The van der Waals surface area contributed by atoms with Crippen molar-refractivity contribution >= 4 is 23.2 Å². The minimum Gasteiger partial charge on any atom is -0.320 e. The number of nitrogens with one attached hydrogen (secondary N) is 1. The lowest BCUT2D eigenvalue weighted by Crippen LogP contribution is -2.15. The van der Waals surface area contributed by atoms with Gasteiger partial charge in [0.1, 0.15) is 17.1 Å². The van der Waals surface area contributed by atoms with Crippen molar-refractivity contribution in [3.05, 3.63) is 95.7 Å². The number of hydrogen-bond donors (Lipinski definition) is 1. The summed E-state index contributed by atoms with van der Waals surface area (Å²) in [4.78, 5) is 12.9. The molecule has 2 aromatic carbocycles. The molecule has 1 amide bonds. The summed E-state index contributed by atoms with van der Waals surface area (Å²) in [5, 5.41) is 7.45. The van der Waals surface area contributed by atoms with Crippen LogP contribution in [0.3, 0.4) is 0 Å². The lowest BCUT2D eigenvalue weighted by Gasteiger charge is -2.12. The van der Waals surface area contributed by atoms with Gasteiger partial charge in [-0.1, -0.05) is 35.9 Å². The summed E-state index contributed by atoms with van der Waals surface area (Å²) in [6, 6.07) is 16.8. The Morgan fingerprint density at radius 3 is 2.44 bits per heavy atom. The molecule has 7 heteroatoms. The highest BCUT2D eigenvalue weighted by atomic mass is 35.5. The van der Waals surface area contributed by atoms with E-state index in [4.69, 9.17) is 11.6 Å². The number of aromatic nitrogens is 3. The van der Waals surface area contributed by atoms with Gasteiger partial charge in [0.05, 0.1) is 16.9 Å². The first-order valence-corrected chi connectivity index (χ1v) is 8.55. The highest BCUT2D eigenvalue weighted by Crippen LogP contribution is 2.25. The SMILES string of the molecule is O=C(Nc1ccccc1Cl)c1cnn(-c2ccccc2F)c1-n1cccc1. The van der Waals surface area contributed by atoms with Crippen LogP contribution in [0.4, 0.5) is 10.1 Å². The normalized spacial score (nSPS) is 10.7. The summed E-state index contributed by atoms with van der Waals surface area (Å²) in [5.74, 6) is -0.406. The van der Waals surface area contributed by atoms with Gasteiger partial charge in [-0.05, 0) is 36.4 Å². The van der Waals surface area contributed by atoms with E-state index in [0.29, 0.717) is 16.5 Å². The second-order valence-corrected chi connectivity index (χ2v) is 6.18. The van der Waals surface area contributed by atoms with Crippen LogP contribution in [0.5, 0.6) is 0 Å². The number of para-hydroxylation sites is 2. The molecule has 0 saturated heterocycles. The number of nitrogens with zero attached hydrogens (tertiary/aromatic N) is 3. The van der Waals surface area contributed by atoms with Crippen LogP contribution in [-0.2, 0) is 0 Å². The van der Waals surface area contributed by atoms with Crippen molar-refractivity contribution in [2.24, 2.45) is 0 Å². The number of carbonyl (C=O) groups excluding carboxylic acids is 1. The lowest BCUT2D eigenvalue weighted by atomic mass is 10.2. The quantitative estimate of drug-likeness (QED) is 0.557. The van der Waals surface area contributed by atoms with Gasteiger partial charge in [0.15, 0.2) is 5.82 Å². The van der Waals surface area contributed by atoms with Crippen LogP contribution in [0.2, 0.25) is 5.02 Å². The molecular formula is C20H14ClFN4O. The van der Waals surface area contributed by atoms with Crippen LogP contribution < -0.4 is 5.32 Å². The van der Waals surface area contributed by atoms with Crippen molar-refractivity contribution in [3.63, 3.8) is 0 Å². The van der Waals surface area contributed by atoms with Crippen LogP contribution >= 0.6 is 11.6 Å². The monoisotopic (exact) mass is 380 g/mol. The predicted octanol–water partition coefficient (Wildman–Crippen LogP) is 4.71. The standard InChI is InChI=1S/C20H14ClFN4O/c21-15-7-1-3-9-17(15)24-19(27)14-13-23-26(18-10-4-2-8-16(18)22)20(14)25-11-5-6-12-25/h1-13H,(H,24,27). The minimum absolute atomic E-state index is 0.248. The third kappa shape index (κ3) is 3.22. The molecule has 4 aromatic rings. The van der Waals surface area contributed by atoms with Crippen LogP contribution in [0.25, 0.3) is 11.5 Å². The molecule has 0 aliphatic heterocycles. The Labute approximate surface area is 159 Å². The van der Waals surface area contributed by atoms with E-state index in [9.17, 15) is 9.18 Å². The van der Waals surface area contributed by atoms with E-state index in [1.807, 2.05) is 12.1 Å². The van der Waals surface area contributed by atoms with E-state index in [1.54, 1.807) is 59.4 Å². The van der Waals surface area contributed by atoms with Crippen molar-refractivity contribution in [1.29, 1.82) is 0 Å². The van der Waals surface area contributed by atoms with Gasteiger partial charge in [-0.25, -0.2) is 9.07 Å². The number of benzene rings is 2. The molecule has 2 aromatic heterocycles. The largest absolute Gasteiger partial charge is 0.320 e. The summed E-state index contributed by atoms with van der Waals surface area (Å²) in [5.41, 5.74) is 1.02. The minimum atomic E-state index is -0.438. The molecule has 27 heavy (non-hydrogen) atoms. The Kier molecular flexibility index (Phi) is 4.48. The zero-order valence-electron chi connectivity index (χ0n) is 14.0. The molecule has 0 unspecified atom stereocenters. The second-order valence-electron chi connectivity index (χ2n) is 5.77. The van der Waals surface area contributed by atoms with Gasteiger partial charge in [0, 0.05) is 12.4 Å². The molecule has 0 aliphatic rings. The van der Waals surface area contributed by atoms with Gasteiger partial charge in [0.25, 0.3) is 5.91 Å². The number of hydrogen-bond acceptors (Lipinski definition) is 2. The Morgan fingerprint density at radius 1 is 1.00 bits per heavy atom. The zero-order valence-corrected chi connectivity index (χ0v) is 14.8. The van der Waals surface area contributed by atoms with E-state index in [0.717, 1.165) is 0 Å². The number of halogens is 2. The molecule has 0 saturated carbocycles. The van der Waals surface area contributed by atoms with Gasteiger partial charge >= 0.3 is 0 Å². The molecule has 0 atom stereocenters. The Balaban J connectivity index is 1.81. The van der Waals surface area contributed by atoms with Crippen molar-refractivity contribution in [3.8, 4) is 11.5 Å². The third-order valence-corrected chi connectivity index (χ3v) is 4.37. The molecule has 0 bridgehead atoms. The smallest absolute Gasteiger partial charge is 0.261 e. The number of amides is 1. The van der Waals surface area contributed by atoms with E-state index in [2.05, 4.69) is 10.4 Å². The first-order valence-electron chi connectivity index (χ1n) is 8.17. The van der Waals surface area contributed by atoms with E-state index in [-0.39, 0.29) is 11.3 Å². The third-order valence-electron chi connectivity index (χ3n) is 4.04. The Hall–Kier alpha value is -3.38. The topological polar surface area (TPSA) is 51.9 Å².